The van der Waals surface area contributed by atoms with E-state index in [2.05, 4.69) is 15.1 Å². The van der Waals surface area contributed by atoms with Crippen molar-refractivity contribution in [2.75, 3.05) is 13.1 Å². The second-order valence-electron chi connectivity index (χ2n) is 4.89. The standard InChI is InChI=1S/C11H17N3O3/c1-8-12-13-9(17-8)6-14-5-3-4-11(2,7-14)10(15)16/h3-7H2,1-2H3,(H,15,16). The van der Waals surface area contributed by atoms with Crippen LogP contribution in [0.2, 0.25) is 0 Å². The van der Waals surface area contributed by atoms with Crippen molar-refractivity contribution in [2.24, 2.45) is 5.41 Å². The number of aliphatic carboxylic acids is 1. The molecular formula is C11H17N3O3. The maximum atomic E-state index is 11.2. The Morgan fingerprint density at radius 1 is 1.59 bits per heavy atom. The summed E-state index contributed by atoms with van der Waals surface area (Å²) < 4.78 is 5.30. The fourth-order valence-corrected chi connectivity index (χ4v) is 2.25. The number of hydrogen-bond donors (Lipinski definition) is 1. The Labute approximate surface area is 99.6 Å². The topological polar surface area (TPSA) is 79.5 Å². The van der Waals surface area contributed by atoms with Gasteiger partial charge in [-0.2, -0.15) is 0 Å². The molecule has 2 heterocycles. The SMILES string of the molecule is Cc1nnc(CN2CCCC(C)(C(=O)O)C2)o1. The summed E-state index contributed by atoms with van der Waals surface area (Å²) in [6.07, 6.45) is 1.61. The van der Waals surface area contributed by atoms with Crippen LogP contribution in [0.1, 0.15) is 31.5 Å². The van der Waals surface area contributed by atoms with E-state index in [-0.39, 0.29) is 0 Å². The van der Waals surface area contributed by atoms with Crippen LogP contribution in [0.5, 0.6) is 0 Å². The first-order valence-corrected chi connectivity index (χ1v) is 5.74. The second kappa shape index (κ2) is 4.44. The molecule has 6 heteroatoms. The van der Waals surface area contributed by atoms with Crippen molar-refractivity contribution in [1.29, 1.82) is 0 Å². The smallest absolute Gasteiger partial charge is 0.310 e. The van der Waals surface area contributed by atoms with Crippen LogP contribution >= 0.6 is 0 Å². The first-order valence-electron chi connectivity index (χ1n) is 5.74. The van der Waals surface area contributed by atoms with Gasteiger partial charge in [0.1, 0.15) is 0 Å². The maximum Gasteiger partial charge on any atom is 0.310 e. The van der Waals surface area contributed by atoms with Gasteiger partial charge in [-0.15, -0.1) is 10.2 Å². The van der Waals surface area contributed by atoms with E-state index in [4.69, 9.17) is 4.42 Å². The molecule has 94 valence electrons. The lowest BCUT2D eigenvalue weighted by Crippen LogP contribution is -2.45. The Bertz CT molecular complexity index is 418. The minimum absolute atomic E-state index is 0.531. The van der Waals surface area contributed by atoms with Crippen LogP contribution < -0.4 is 0 Å². The van der Waals surface area contributed by atoms with E-state index in [1.165, 1.54) is 0 Å². The molecule has 1 aliphatic heterocycles. The van der Waals surface area contributed by atoms with Crippen molar-refractivity contribution in [1.82, 2.24) is 15.1 Å². The molecule has 1 unspecified atom stereocenters. The molecule has 17 heavy (non-hydrogen) atoms. The Morgan fingerprint density at radius 2 is 2.35 bits per heavy atom. The summed E-state index contributed by atoms with van der Waals surface area (Å²) in [6, 6.07) is 0. The van der Waals surface area contributed by atoms with Gasteiger partial charge in [0.25, 0.3) is 0 Å². The quantitative estimate of drug-likeness (QED) is 0.849. The van der Waals surface area contributed by atoms with Gasteiger partial charge in [0.15, 0.2) is 0 Å². The summed E-state index contributed by atoms with van der Waals surface area (Å²) in [6.45, 7) is 5.48. The molecule has 6 nitrogen and oxygen atoms in total. The van der Waals surface area contributed by atoms with Gasteiger partial charge in [0, 0.05) is 13.5 Å². The van der Waals surface area contributed by atoms with Crippen molar-refractivity contribution < 1.29 is 14.3 Å². The summed E-state index contributed by atoms with van der Waals surface area (Å²) in [4.78, 5) is 13.3. The van der Waals surface area contributed by atoms with E-state index in [9.17, 15) is 9.90 Å². The van der Waals surface area contributed by atoms with Crippen molar-refractivity contribution in [3.8, 4) is 0 Å². The summed E-state index contributed by atoms with van der Waals surface area (Å²) in [5.41, 5.74) is -0.659. The molecule has 0 aliphatic carbocycles. The van der Waals surface area contributed by atoms with Gasteiger partial charge >= 0.3 is 5.97 Å². The zero-order valence-corrected chi connectivity index (χ0v) is 10.1. The first-order chi connectivity index (χ1) is 7.99. The van der Waals surface area contributed by atoms with Gasteiger partial charge in [-0.3, -0.25) is 9.69 Å². The van der Waals surface area contributed by atoms with E-state index in [0.717, 1.165) is 19.4 Å². The molecular weight excluding hydrogens is 222 g/mol. The van der Waals surface area contributed by atoms with Gasteiger partial charge in [-0.05, 0) is 26.3 Å². The maximum absolute atomic E-state index is 11.2. The molecule has 1 saturated heterocycles. The number of piperidine rings is 1. The Balaban J connectivity index is 2.00. The number of nitrogens with zero attached hydrogens (tertiary/aromatic N) is 3. The van der Waals surface area contributed by atoms with Crippen LogP contribution in [0.3, 0.4) is 0 Å². The van der Waals surface area contributed by atoms with Gasteiger partial charge in [-0.1, -0.05) is 0 Å². The van der Waals surface area contributed by atoms with Gasteiger partial charge in [0.05, 0.1) is 12.0 Å². The molecule has 0 saturated carbocycles. The summed E-state index contributed by atoms with van der Waals surface area (Å²) in [5, 5.41) is 16.9. The predicted octanol–water partition coefficient (Wildman–Crippen LogP) is 1.06. The number of carboxylic acids is 1. The van der Waals surface area contributed by atoms with Crippen molar-refractivity contribution in [2.45, 2.75) is 33.2 Å². The Kier molecular flexibility index (Phi) is 3.15. The molecule has 1 atom stereocenters. The molecule has 0 aromatic carbocycles. The summed E-state index contributed by atoms with van der Waals surface area (Å²) in [5.74, 6) is 0.360. The molecule has 1 N–H and O–H groups in total. The molecule has 1 aliphatic rings. The zero-order valence-electron chi connectivity index (χ0n) is 10.1. The lowest BCUT2D eigenvalue weighted by molar-refractivity contribution is -0.151. The lowest BCUT2D eigenvalue weighted by atomic mass is 9.82. The van der Waals surface area contributed by atoms with Crippen LogP contribution in [0.4, 0.5) is 0 Å². The number of likely N-dealkylation sites (tertiary alicyclic amines) is 1. The third kappa shape index (κ3) is 2.63. The predicted molar refractivity (Wildman–Crippen MR) is 59.3 cm³/mol. The molecule has 0 radical (unpaired) electrons. The number of aryl methyl sites for hydroxylation is 1. The van der Waals surface area contributed by atoms with Gasteiger partial charge in [-0.25, -0.2) is 0 Å². The lowest BCUT2D eigenvalue weighted by Gasteiger charge is -2.36. The molecule has 1 fully saturated rings. The van der Waals surface area contributed by atoms with E-state index in [1.807, 2.05) is 0 Å². The minimum Gasteiger partial charge on any atom is -0.481 e. The fourth-order valence-electron chi connectivity index (χ4n) is 2.25. The molecule has 2 rings (SSSR count). The van der Waals surface area contributed by atoms with Crippen molar-refractivity contribution in [3.63, 3.8) is 0 Å². The number of rotatable bonds is 3. The van der Waals surface area contributed by atoms with Crippen LogP contribution in [0.15, 0.2) is 4.42 Å². The van der Waals surface area contributed by atoms with Crippen LogP contribution in [-0.2, 0) is 11.3 Å². The summed E-state index contributed by atoms with van der Waals surface area (Å²) in [7, 11) is 0. The average molecular weight is 239 g/mol. The van der Waals surface area contributed by atoms with E-state index in [0.29, 0.717) is 24.9 Å². The number of aromatic nitrogens is 2. The molecule has 1 aromatic rings. The molecule has 0 bridgehead atoms. The Hall–Kier alpha value is -1.43. The fraction of sp³-hybridized carbons (Fsp3) is 0.727. The normalized spacial score (nSPS) is 26.0. The van der Waals surface area contributed by atoms with Gasteiger partial charge < -0.3 is 9.52 Å². The molecule has 0 amide bonds. The highest BCUT2D eigenvalue weighted by molar-refractivity contribution is 5.74. The largest absolute Gasteiger partial charge is 0.481 e. The Morgan fingerprint density at radius 3 is 2.94 bits per heavy atom. The van der Waals surface area contributed by atoms with Gasteiger partial charge in [0.2, 0.25) is 11.8 Å². The first kappa shape index (κ1) is 12.0. The monoisotopic (exact) mass is 239 g/mol. The van der Waals surface area contributed by atoms with Crippen molar-refractivity contribution >= 4 is 5.97 Å². The second-order valence-corrected chi connectivity index (χ2v) is 4.89. The van der Waals surface area contributed by atoms with Crippen LogP contribution in [0.25, 0.3) is 0 Å². The van der Waals surface area contributed by atoms with E-state index in [1.54, 1.807) is 13.8 Å². The highest BCUT2D eigenvalue weighted by Crippen LogP contribution is 2.30. The third-order valence-electron chi connectivity index (χ3n) is 3.22. The number of carboxylic acid groups (broad SMARTS) is 1. The third-order valence-corrected chi connectivity index (χ3v) is 3.22. The van der Waals surface area contributed by atoms with Crippen LogP contribution in [0, 0.1) is 12.3 Å². The highest BCUT2D eigenvalue weighted by Gasteiger charge is 2.38. The van der Waals surface area contributed by atoms with Crippen molar-refractivity contribution in [3.05, 3.63) is 11.8 Å². The average Bonchev–Trinajstić information content (AvgIpc) is 2.64. The number of carbonyl (C=O) groups is 1. The van der Waals surface area contributed by atoms with E-state index < -0.39 is 11.4 Å². The molecule has 1 aromatic heterocycles. The highest BCUT2D eigenvalue weighted by atomic mass is 16.4. The van der Waals surface area contributed by atoms with Crippen LogP contribution in [-0.4, -0.2) is 39.3 Å². The minimum atomic E-state index is -0.732. The summed E-state index contributed by atoms with van der Waals surface area (Å²) >= 11 is 0. The zero-order chi connectivity index (χ0) is 12.5. The van der Waals surface area contributed by atoms with E-state index >= 15 is 0 Å². The number of hydrogen-bond acceptors (Lipinski definition) is 5. The molecule has 0 spiro atoms.